The molecular weight excluding hydrogens is 388 g/mol. The normalized spacial score (nSPS) is 11.4. The first-order valence-corrected chi connectivity index (χ1v) is 10.8. The van der Waals surface area contributed by atoms with E-state index in [0.29, 0.717) is 5.56 Å². The van der Waals surface area contributed by atoms with Crippen LogP contribution in [0.4, 0.5) is 0 Å². The highest BCUT2D eigenvalue weighted by Gasteiger charge is 2.18. The summed E-state index contributed by atoms with van der Waals surface area (Å²) in [6, 6.07) is 24.1. The van der Waals surface area contributed by atoms with Gasteiger partial charge in [0.15, 0.2) is 0 Å². The Balaban J connectivity index is 1.82. The summed E-state index contributed by atoms with van der Waals surface area (Å²) < 4.78 is 2.28. The van der Waals surface area contributed by atoms with Crippen molar-refractivity contribution in [1.82, 2.24) is 4.57 Å². The molecule has 0 saturated heterocycles. The fourth-order valence-corrected chi connectivity index (χ4v) is 4.92. The van der Waals surface area contributed by atoms with Gasteiger partial charge in [-0.2, -0.15) is 0 Å². The predicted octanol–water partition coefficient (Wildman–Crippen LogP) is 6.09. The standard InChI is InChI=1S/C26H21N2OS/c1-16-8-9-19(17(2)13-16)15-28-22-6-3-5-21(26(27)29)25(22)20-11-10-18(14-23(20)28)24-7-4-12-30-24/h3-10,12-14H,15H2,1-2H3,(H2,27,29). The van der Waals surface area contributed by atoms with Gasteiger partial charge in [-0.05, 0) is 72.3 Å². The third kappa shape index (κ3) is 3.01. The summed E-state index contributed by atoms with van der Waals surface area (Å²) in [4.78, 5) is 13.4. The lowest BCUT2D eigenvalue weighted by Gasteiger charge is -2.12. The summed E-state index contributed by atoms with van der Waals surface area (Å²) >= 11 is 1.71. The molecule has 0 bridgehead atoms. The van der Waals surface area contributed by atoms with Gasteiger partial charge in [-0.1, -0.05) is 35.9 Å². The smallest absolute Gasteiger partial charge is 0.249 e. The van der Waals surface area contributed by atoms with E-state index in [0.717, 1.165) is 33.9 Å². The zero-order valence-electron chi connectivity index (χ0n) is 16.9. The third-order valence-corrected chi connectivity index (χ3v) is 6.61. The van der Waals surface area contributed by atoms with Gasteiger partial charge >= 0.3 is 0 Å². The van der Waals surface area contributed by atoms with Gasteiger partial charge in [0.25, 0.3) is 0 Å². The van der Waals surface area contributed by atoms with Crippen LogP contribution in [0.5, 0.6) is 0 Å². The maximum Gasteiger partial charge on any atom is 0.249 e. The quantitative estimate of drug-likeness (QED) is 0.384. The van der Waals surface area contributed by atoms with Crippen molar-refractivity contribution in [3.8, 4) is 10.4 Å². The van der Waals surface area contributed by atoms with Crippen molar-refractivity contribution in [2.75, 3.05) is 0 Å². The Labute approximate surface area is 179 Å². The number of aryl methyl sites for hydroxylation is 2. The van der Waals surface area contributed by atoms with Crippen molar-refractivity contribution in [2.45, 2.75) is 20.4 Å². The van der Waals surface area contributed by atoms with Gasteiger partial charge in [0.05, 0.1) is 11.0 Å². The fraction of sp³-hybridized carbons (Fsp3) is 0.115. The molecule has 2 aromatic heterocycles. The van der Waals surface area contributed by atoms with Crippen molar-refractivity contribution in [3.63, 3.8) is 0 Å². The number of hydrogen-bond donors (Lipinski definition) is 1. The number of amides is 1. The Kier molecular flexibility index (Phi) is 4.44. The lowest BCUT2D eigenvalue weighted by Crippen LogP contribution is -2.11. The molecule has 0 unspecified atom stereocenters. The second kappa shape index (κ2) is 7.15. The van der Waals surface area contributed by atoms with E-state index in [1.807, 2.05) is 12.1 Å². The maximum atomic E-state index is 12.2. The number of hydrogen-bond acceptors (Lipinski definition) is 2. The van der Waals surface area contributed by atoms with Gasteiger partial charge in [-0.25, -0.2) is 0 Å². The molecule has 1 radical (unpaired) electrons. The van der Waals surface area contributed by atoms with Gasteiger partial charge in [0.2, 0.25) is 5.91 Å². The number of carbonyl (C=O) groups excluding carboxylic acids is 1. The molecule has 0 aliphatic carbocycles. The molecule has 0 aliphatic heterocycles. The summed E-state index contributed by atoms with van der Waals surface area (Å²) in [5, 5.41) is 3.89. The molecule has 5 rings (SSSR count). The van der Waals surface area contributed by atoms with Crippen LogP contribution in [0.1, 0.15) is 27.0 Å². The molecule has 2 heterocycles. The summed E-state index contributed by atoms with van der Waals surface area (Å²) in [6.07, 6.45) is 0. The van der Waals surface area contributed by atoms with Gasteiger partial charge in [-0.15, -0.1) is 11.3 Å². The molecule has 5 aromatic rings. The number of rotatable bonds is 4. The van der Waals surface area contributed by atoms with E-state index in [9.17, 15) is 4.79 Å². The Morgan fingerprint density at radius 2 is 1.93 bits per heavy atom. The Hall–Kier alpha value is -3.37. The van der Waals surface area contributed by atoms with Crippen molar-refractivity contribution < 1.29 is 4.79 Å². The fourth-order valence-electron chi connectivity index (χ4n) is 4.21. The predicted molar refractivity (Wildman–Crippen MR) is 125 cm³/mol. The Morgan fingerprint density at radius 1 is 1.07 bits per heavy atom. The summed E-state index contributed by atoms with van der Waals surface area (Å²) in [5.41, 5.74) is 13.2. The highest BCUT2D eigenvalue weighted by atomic mass is 32.1. The molecule has 147 valence electrons. The molecule has 0 aliphatic rings. The number of aromatic nitrogens is 1. The molecule has 0 fully saturated rings. The van der Waals surface area contributed by atoms with Crippen molar-refractivity contribution >= 4 is 39.0 Å². The topological polar surface area (TPSA) is 48.0 Å². The van der Waals surface area contributed by atoms with Gasteiger partial charge in [0.1, 0.15) is 0 Å². The zero-order chi connectivity index (χ0) is 20.8. The van der Waals surface area contributed by atoms with E-state index in [4.69, 9.17) is 5.73 Å². The van der Waals surface area contributed by atoms with E-state index in [-0.39, 0.29) is 0 Å². The second-order valence-corrected chi connectivity index (χ2v) is 8.65. The monoisotopic (exact) mass is 409 g/mol. The maximum absolute atomic E-state index is 12.2. The largest absolute Gasteiger partial charge is 0.366 e. The number of nitrogens with zero attached hydrogens (tertiary/aromatic N) is 1. The molecule has 4 heteroatoms. The van der Waals surface area contributed by atoms with Crippen LogP contribution >= 0.6 is 11.3 Å². The van der Waals surface area contributed by atoms with E-state index >= 15 is 0 Å². The molecule has 0 spiro atoms. The van der Waals surface area contributed by atoms with Crippen molar-refractivity contribution in [3.05, 3.63) is 94.4 Å². The Morgan fingerprint density at radius 3 is 2.67 bits per heavy atom. The average molecular weight is 410 g/mol. The molecule has 1 amide bonds. The third-order valence-electron chi connectivity index (χ3n) is 5.69. The van der Waals surface area contributed by atoms with Crippen molar-refractivity contribution in [1.29, 1.82) is 0 Å². The summed E-state index contributed by atoms with van der Waals surface area (Å²) in [5.74, 6) is -0.415. The van der Waals surface area contributed by atoms with Crippen LogP contribution in [-0.4, -0.2) is 10.5 Å². The molecule has 3 aromatic carbocycles. The number of carbonyl (C=O) groups is 1. The lowest BCUT2D eigenvalue weighted by atomic mass is 10.0. The van der Waals surface area contributed by atoms with Crippen LogP contribution in [0.3, 0.4) is 0 Å². The number of fused-ring (bicyclic) bond motifs is 3. The van der Waals surface area contributed by atoms with Crippen molar-refractivity contribution in [2.24, 2.45) is 5.73 Å². The summed E-state index contributed by atoms with van der Waals surface area (Å²) in [7, 11) is 0. The Bertz CT molecular complexity index is 1410. The molecule has 2 N–H and O–H groups in total. The highest BCUT2D eigenvalue weighted by Crippen LogP contribution is 2.35. The minimum absolute atomic E-state index is 0.415. The van der Waals surface area contributed by atoms with Crippen LogP contribution in [0, 0.1) is 19.9 Å². The highest BCUT2D eigenvalue weighted by molar-refractivity contribution is 7.13. The molecule has 30 heavy (non-hydrogen) atoms. The molecule has 0 saturated carbocycles. The van der Waals surface area contributed by atoms with E-state index in [2.05, 4.69) is 72.3 Å². The SMILES string of the molecule is Cc1ccc(Cn2c3cc(-c4cccs4)c[c]c3c3c(C(N)=O)cccc32)c(C)c1. The first-order chi connectivity index (χ1) is 14.5. The van der Waals surface area contributed by atoms with Crippen LogP contribution in [-0.2, 0) is 6.54 Å². The first kappa shape index (κ1) is 18.6. The summed E-state index contributed by atoms with van der Waals surface area (Å²) in [6.45, 7) is 4.98. The number of thiophene rings is 1. The minimum atomic E-state index is -0.415. The van der Waals surface area contributed by atoms with Gasteiger partial charge in [0, 0.05) is 27.8 Å². The van der Waals surface area contributed by atoms with Crippen LogP contribution in [0.25, 0.3) is 32.2 Å². The lowest BCUT2D eigenvalue weighted by molar-refractivity contribution is 0.100. The molecular formula is C26H21N2OS. The first-order valence-electron chi connectivity index (χ1n) is 9.89. The van der Waals surface area contributed by atoms with Gasteiger partial charge < -0.3 is 10.3 Å². The van der Waals surface area contributed by atoms with Crippen LogP contribution < -0.4 is 5.73 Å². The molecule has 0 atom stereocenters. The van der Waals surface area contributed by atoms with E-state index in [1.54, 1.807) is 17.4 Å². The number of benzene rings is 3. The molecule has 3 nitrogen and oxygen atoms in total. The number of nitrogens with two attached hydrogens (primary N) is 1. The number of primary amides is 1. The van der Waals surface area contributed by atoms with E-state index in [1.165, 1.54) is 21.6 Å². The minimum Gasteiger partial charge on any atom is -0.366 e. The average Bonchev–Trinajstić information content (AvgIpc) is 3.36. The second-order valence-electron chi connectivity index (χ2n) is 7.71. The van der Waals surface area contributed by atoms with Crippen LogP contribution in [0.15, 0.2) is 66.0 Å². The van der Waals surface area contributed by atoms with Gasteiger partial charge in [-0.3, -0.25) is 4.79 Å². The zero-order valence-corrected chi connectivity index (χ0v) is 17.7. The van der Waals surface area contributed by atoms with Crippen LogP contribution in [0.2, 0.25) is 0 Å². The van der Waals surface area contributed by atoms with E-state index < -0.39 is 5.91 Å².